The Morgan fingerprint density at radius 2 is 1.08 bits per heavy atom. The minimum absolute atomic E-state index is 0.694. The second kappa shape index (κ2) is 11.6. The third kappa shape index (κ3) is 4.71. The Morgan fingerprint density at radius 1 is 0.460 bits per heavy atom. The van der Waals surface area contributed by atoms with Gasteiger partial charge in [0.2, 0.25) is 0 Å². The largest absolute Gasteiger partial charge is 0.307 e. The van der Waals surface area contributed by atoms with Crippen LogP contribution in [0.4, 0.5) is 0 Å². The number of aromatic nitrogens is 4. The number of hydrogen-bond acceptors (Lipinski definition) is 4. The third-order valence-corrected chi connectivity index (χ3v) is 10.5. The lowest BCUT2D eigenvalue weighted by Gasteiger charge is -2.11. The number of thiazole rings is 1. The molecule has 0 aliphatic carbocycles. The highest BCUT2D eigenvalue weighted by Gasteiger charge is 2.20. The molecule has 10 rings (SSSR count). The number of fused-ring (bicyclic) bond motifs is 7. The van der Waals surface area contributed by atoms with Crippen LogP contribution >= 0.6 is 11.3 Å². The van der Waals surface area contributed by atoms with Crippen LogP contribution in [0, 0.1) is 0 Å². The van der Waals surface area contributed by atoms with Gasteiger partial charge in [-0.05, 0) is 53.2 Å². The molecule has 50 heavy (non-hydrogen) atoms. The zero-order valence-electron chi connectivity index (χ0n) is 26.9. The van der Waals surface area contributed by atoms with E-state index in [2.05, 4.69) is 132 Å². The van der Waals surface area contributed by atoms with E-state index in [1.54, 1.807) is 11.3 Å². The summed E-state index contributed by atoms with van der Waals surface area (Å²) < 4.78 is 3.55. The Hall–Kier alpha value is -6.43. The zero-order chi connectivity index (χ0) is 33.0. The normalized spacial score (nSPS) is 11.6. The Balaban J connectivity index is 1.18. The zero-order valence-corrected chi connectivity index (χ0v) is 27.7. The predicted molar refractivity (Wildman–Crippen MR) is 209 cm³/mol. The predicted octanol–water partition coefficient (Wildman–Crippen LogP) is 12.0. The summed E-state index contributed by atoms with van der Waals surface area (Å²) in [4.78, 5) is 15.4. The molecular weight excluding hydrogens is 629 g/mol. The smallest absolute Gasteiger partial charge is 0.160 e. The molecule has 10 aromatic rings. The summed E-state index contributed by atoms with van der Waals surface area (Å²) in [7, 11) is 0. The molecule has 4 nitrogen and oxygen atoms in total. The van der Waals surface area contributed by atoms with Crippen molar-refractivity contribution >= 4 is 54.1 Å². The van der Waals surface area contributed by atoms with Crippen molar-refractivity contribution in [1.82, 2.24) is 19.5 Å². The molecule has 0 bridgehead atoms. The topological polar surface area (TPSA) is 43.6 Å². The molecule has 5 heteroatoms. The minimum atomic E-state index is 0.694. The summed E-state index contributed by atoms with van der Waals surface area (Å²) in [5.74, 6) is 0.694. The minimum Gasteiger partial charge on any atom is -0.307 e. The molecule has 7 aromatic carbocycles. The summed E-state index contributed by atoms with van der Waals surface area (Å²) in [5, 5.41) is 5.93. The van der Waals surface area contributed by atoms with Gasteiger partial charge in [-0.2, -0.15) is 0 Å². The molecule has 0 saturated heterocycles. The molecule has 0 saturated carbocycles. The number of benzene rings is 7. The lowest BCUT2D eigenvalue weighted by molar-refractivity contribution is 1.16. The molecule has 0 spiro atoms. The third-order valence-electron chi connectivity index (χ3n) is 9.44. The maximum atomic E-state index is 5.29. The second-order valence-corrected chi connectivity index (χ2v) is 13.5. The van der Waals surface area contributed by atoms with Crippen molar-refractivity contribution in [3.8, 4) is 50.2 Å². The highest BCUT2D eigenvalue weighted by atomic mass is 32.1. The Kier molecular flexibility index (Phi) is 6.64. The van der Waals surface area contributed by atoms with Gasteiger partial charge in [0.1, 0.15) is 10.5 Å². The molecule has 0 aliphatic rings. The average Bonchev–Trinajstić information content (AvgIpc) is 3.79. The van der Waals surface area contributed by atoms with Gasteiger partial charge in [-0.25, -0.2) is 15.0 Å². The summed E-state index contributed by atoms with van der Waals surface area (Å²) in [6.45, 7) is 0. The van der Waals surface area contributed by atoms with Gasteiger partial charge in [-0.3, -0.25) is 0 Å². The summed E-state index contributed by atoms with van der Waals surface area (Å²) in [5.41, 5.74) is 10.4. The van der Waals surface area contributed by atoms with Gasteiger partial charge in [0, 0.05) is 38.7 Å². The van der Waals surface area contributed by atoms with Crippen molar-refractivity contribution in [3.63, 3.8) is 0 Å². The van der Waals surface area contributed by atoms with Crippen LogP contribution in [-0.2, 0) is 0 Å². The van der Waals surface area contributed by atoms with E-state index in [-0.39, 0.29) is 0 Å². The van der Waals surface area contributed by atoms with E-state index < -0.39 is 0 Å². The first-order chi connectivity index (χ1) is 24.8. The van der Waals surface area contributed by atoms with Crippen molar-refractivity contribution in [3.05, 3.63) is 170 Å². The second-order valence-electron chi connectivity index (χ2n) is 12.5. The van der Waals surface area contributed by atoms with E-state index in [1.807, 2.05) is 42.5 Å². The van der Waals surface area contributed by atoms with Crippen LogP contribution in [0.5, 0.6) is 0 Å². The molecule has 0 unspecified atom stereocenters. The van der Waals surface area contributed by atoms with Crippen LogP contribution in [0.2, 0.25) is 0 Å². The molecule has 0 amide bonds. The lowest BCUT2D eigenvalue weighted by atomic mass is 10.0. The number of nitrogens with zero attached hydrogens (tertiary/aromatic N) is 4. The summed E-state index contributed by atoms with van der Waals surface area (Å²) in [6.07, 6.45) is 0. The molecule has 0 N–H and O–H groups in total. The van der Waals surface area contributed by atoms with Crippen molar-refractivity contribution in [1.29, 1.82) is 0 Å². The van der Waals surface area contributed by atoms with Crippen molar-refractivity contribution in [2.24, 2.45) is 0 Å². The standard InChI is InChI=1S/C45H28N4S/c1-4-13-30(14-5-1)37-28-38(31-15-6-2-7-16-31)47-44(46-37)32-20-23-34(24-21-32)49-39-26-22-29-12-10-11-19-35(29)41(39)36-25-27-40-42(43(36)49)48-45(50-40)33-17-8-3-9-18-33/h1-28H. The van der Waals surface area contributed by atoms with E-state index in [4.69, 9.17) is 15.0 Å². The molecule has 234 valence electrons. The maximum absolute atomic E-state index is 5.29. The van der Waals surface area contributed by atoms with Crippen molar-refractivity contribution in [2.45, 2.75) is 0 Å². The summed E-state index contributed by atoms with van der Waals surface area (Å²) >= 11 is 1.74. The highest BCUT2D eigenvalue weighted by Crippen LogP contribution is 2.42. The summed E-state index contributed by atoms with van der Waals surface area (Å²) in [6, 6.07) is 59.5. The average molecular weight is 657 g/mol. The van der Waals surface area contributed by atoms with E-state index in [9.17, 15) is 0 Å². The number of hydrogen-bond donors (Lipinski definition) is 0. The van der Waals surface area contributed by atoms with Crippen LogP contribution in [0.25, 0.3) is 93.0 Å². The van der Waals surface area contributed by atoms with Crippen LogP contribution in [0.3, 0.4) is 0 Å². The lowest BCUT2D eigenvalue weighted by Crippen LogP contribution is -1.97. The fourth-order valence-electron chi connectivity index (χ4n) is 7.08. The Morgan fingerprint density at radius 3 is 1.76 bits per heavy atom. The first kappa shape index (κ1) is 28.6. The van der Waals surface area contributed by atoms with Gasteiger partial charge < -0.3 is 4.57 Å². The van der Waals surface area contributed by atoms with Gasteiger partial charge in [-0.15, -0.1) is 11.3 Å². The van der Waals surface area contributed by atoms with Crippen LogP contribution < -0.4 is 0 Å². The molecule has 0 aliphatic heterocycles. The Bertz CT molecular complexity index is 2780. The van der Waals surface area contributed by atoms with Gasteiger partial charge >= 0.3 is 0 Å². The van der Waals surface area contributed by atoms with Crippen LogP contribution in [0.15, 0.2) is 170 Å². The highest BCUT2D eigenvalue weighted by molar-refractivity contribution is 7.21. The first-order valence-corrected chi connectivity index (χ1v) is 17.5. The van der Waals surface area contributed by atoms with E-state index in [0.717, 1.165) is 60.9 Å². The van der Waals surface area contributed by atoms with Gasteiger partial charge in [0.15, 0.2) is 5.82 Å². The van der Waals surface area contributed by atoms with Gasteiger partial charge in [0.05, 0.1) is 27.1 Å². The van der Waals surface area contributed by atoms with Gasteiger partial charge in [-0.1, -0.05) is 127 Å². The first-order valence-electron chi connectivity index (χ1n) is 16.7. The molecule has 0 radical (unpaired) electrons. The van der Waals surface area contributed by atoms with Crippen molar-refractivity contribution in [2.75, 3.05) is 0 Å². The molecule has 0 atom stereocenters. The van der Waals surface area contributed by atoms with E-state index in [0.29, 0.717) is 5.82 Å². The van der Waals surface area contributed by atoms with Crippen LogP contribution in [0.1, 0.15) is 0 Å². The maximum Gasteiger partial charge on any atom is 0.160 e. The quantitative estimate of drug-likeness (QED) is 0.185. The molecule has 0 fully saturated rings. The molecule has 3 aromatic heterocycles. The van der Waals surface area contributed by atoms with Crippen molar-refractivity contribution < 1.29 is 0 Å². The van der Waals surface area contributed by atoms with Gasteiger partial charge in [0.25, 0.3) is 0 Å². The fourth-order valence-corrected chi connectivity index (χ4v) is 8.05. The molecular formula is C45H28N4S. The van der Waals surface area contributed by atoms with E-state index >= 15 is 0 Å². The Labute approximate surface area is 292 Å². The monoisotopic (exact) mass is 656 g/mol. The fraction of sp³-hybridized carbons (Fsp3) is 0. The van der Waals surface area contributed by atoms with Crippen LogP contribution in [-0.4, -0.2) is 19.5 Å². The van der Waals surface area contributed by atoms with E-state index in [1.165, 1.54) is 26.2 Å². The molecule has 3 heterocycles. The SMILES string of the molecule is c1ccc(-c2cc(-c3ccccc3)nc(-c3ccc(-n4c5ccc6ccccc6c5c5ccc6sc(-c7ccccc7)nc6c54)cc3)n2)cc1. The number of rotatable bonds is 5.